The van der Waals surface area contributed by atoms with Gasteiger partial charge in [0.15, 0.2) is 0 Å². The van der Waals surface area contributed by atoms with E-state index in [0.29, 0.717) is 6.54 Å². The van der Waals surface area contributed by atoms with Crippen LogP contribution < -0.4 is 10.6 Å². The molecule has 0 bridgehead atoms. The molecular formula is C31H26N4O3. The Balaban J connectivity index is 1.54. The molecular weight excluding hydrogens is 476 g/mol. The van der Waals surface area contributed by atoms with E-state index in [1.54, 1.807) is 0 Å². The van der Waals surface area contributed by atoms with Crippen LogP contribution in [0.3, 0.4) is 0 Å². The number of fused-ring (bicyclic) bond motifs is 4. The van der Waals surface area contributed by atoms with Crippen molar-refractivity contribution in [2.24, 2.45) is 10.9 Å². The van der Waals surface area contributed by atoms with Gasteiger partial charge in [0.05, 0.1) is 24.7 Å². The Morgan fingerprint density at radius 2 is 1.89 bits per heavy atom. The van der Waals surface area contributed by atoms with Crippen LogP contribution in [0.2, 0.25) is 0 Å². The first kappa shape index (κ1) is 23.5. The third-order valence-corrected chi connectivity index (χ3v) is 7.39. The predicted octanol–water partition coefficient (Wildman–Crippen LogP) is 5.60. The van der Waals surface area contributed by atoms with Crippen molar-refractivity contribution in [2.75, 3.05) is 4.90 Å². The number of aryl methyl sites for hydroxylation is 1. The molecule has 2 heterocycles. The number of rotatable bonds is 5. The molecule has 38 heavy (non-hydrogen) atoms. The number of nitrogens with one attached hydrogen (secondary N) is 1. The zero-order valence-corrected chi connectivity index (χ0v) is 21.1. The van der Waals surface area contributed by atoms with Crippen LogP contribution >= 0.6 is 0 Å². The minimum absolute atomic E-state index is 0.0103. The number of carbonyl (C=O) groups is 2. The van der Waals surface area contributed by atoms with Crippen molar-refractivity contribution in [1.29, 1.82) is 0 Å². The Morgan fingerprint density at radius 1 is 1.05 bits per heavy atom. The van der Waals surface area contributed by atoms with Crippen molar-refractivity contribution in [3.8, 4) is 11.1 Å². The van der Waals surface area contributed by atoms with Crippen molar-refractivity contribution in [2.45, 2.75) is 26.8 Å². The lowest BCUT2D eigenvalue weighted by Gasteiger charge is -2.21. The number of anilines is 1. The van der Waals surface area contributed by atoms with Crippen LogP contribution in [0.5, 0.6) is 0 Å². The summed E-state index contributed by atoms with van der Waals surface area (Å²) in [6, 6.07) is 21.8. The molecule has 0 spiro atoms. The summed E-state index contributed by atoms with van der Waals surface area (Å²) in [5.41, 5.74) is 15.5. The molecule has 7 heteroatoms. The van der Waals surface area contributed by atoms with Gasteiger partial charge in [-0.25, -0.2) is 0 Å². The molecule has 1 aliphatic rings. The van der Waals surface area contributed by atoms with Gasteiger partial charge >= 0.3 is 0 Å². The average molecular weight is 503 g/mol. The molecule has 5 aromatic rings. The summed E-state index contributed by atoms with van der Waals surface area (Å²) in [4.78, 5) is 30.5. The van der Waals surface area contributed by atoms with Gasteiger partial charge in [-0.1, -0.05) is 59.3 Å². The molecule has 188 valence electrons. The van der Waals surface area contributed by atoms with Gasteiger partial charge in [0.25, 0.3) is 5.91 Å². The number of benzene rings is 4. The van der Waals surface area contributed by atoms with Gasteiger partial charge in [-0.2, -0.15) is 0 Å². The summed E-state index contributed by atoms with van der Waals surface area (Å²) >= 11 is 0. The summed E-state index contributed by atoms with van der Waals surface area (Å²) in [5, 5.41) is 14.1. The van der Waals surface area contributed by atoms with Gasteiger partial charge in [-0.15, -0.1) is 0 Å². The molecule has 0 aliphatic carbocycles. The smallest absolute Gasteiger partial charge is 0.258 e. The van der Waals surface area contributed by atoms with Crippen LogP contribution in [0.15, 0.2) is 71.9 Å². The normalized spacial score (nSPS) is 13.2. The van der Waals surface area contributed by atoms with Crippen LogP contribution in [-0.4, -0.2) is 28.2 Å². The zero-order chi connectivity index (χ0) is 26.6. The van der Waals surface area contributed by atoms with Gasteiger partial charge in [0.1, 0.15) is 0 Å². The van der Waals surface area contributed by atoms with Crippen LogP contribution in [0.25, 0.3) is 32.9 Å². The van der Waals surface area contributed by atoms with E-state index in [1.165, 1.54) is 6.21 Å². The Morgan fingerprint density at radius 3 is 2.68 bits per heavy atom. The fourth-order valence-corrected chi connectivity index (χ4v) is 5.61. The molecule has 6 rings (SSSR count). The minimum atomic E-state index is -0.411. The molecule has 1 aromatic heterocycles. The Kier molecular flexibility index (Phi) is 5.49. The highest BCUT2D eigenvalue weighted by atomic mass is 16.4. The van der Waals surface area contributed by atoms with Gasteiger partial charge in [0, 0.05) is 27.5 Å². The van der Waals surface area contributed by atoms with Crippen molar-refractivity contribution < 1.29 is 14.8 Å². The van der Waals surface area contributed by atoms with E-state index in [-0.39, 0.29) is 12.3 Å². The van der Waals surface area contributed by atoms with E-state index in [4.69, 9.17) is 10.9 Å². The van der Waals surface area contributed by atoms with Crippen LogP contribution in [0.1, 0.15) is 38.2 Å². The van der Waals surface area contributed by atoms with Crippen LogP contribution in [0, 0.1) is 13.8 Å². The van der Waals surface area contributed by atoms with E-state index in [1.807, 2.05) is 79.4 Å². The number of H-pyrrole nitrogens is 1. The second-order valence-corrected chi connectivity index (χ2v) is 9.84. The lowest BCUT2D eigenvalue weighted by atomic mass is 9.92. The molecule has 4 N–H and O–H groups in total. The van der Waals surface area contributed by atoms with Crippen molar-refractivity contribution >= 4 is 45.5 Å². The molecule has 0 saturated carbocycles. The fraction of sp³-hybridized carbons (Fsp3) is 0.129. The third kappa shape index (κ3) is 3.71. The first-order valence-electron chi connectivity index (χ1n) is 12.4. The first-order chi connectivity index (χ1) is 18.4. The molecule has 4 aromatic carbocycles. The Bertz CT molecular complexity index is 1820. The molecule has 0 atom stereocenters. The van der Waals surface area contributed by atoms with Gasteiger partial charge in [-0.3, -0.25) is 9.59 Å². The summed E-state index contributed by atoms with van der Waals surface area (Å²) in [7, 11) is 0. The lowest BCUT2D eigenvalue weighted by Crippen LogP contribution is -2.24. The van der Waals surface area contributed by atoms with Gasteiger partial charge in [0.2, 0.25) is 5.91 Å². The number of hydrogen-bond acceptors (Lipinski definition) is 4. The number of aromatic amines is 1. The number of primary amides is 1. The average Bonchev–Trinajstić information content (AvgIpc) is 3.43. The molecule has 1 aliphatic heterocycles. The number of amides is 2. The maximum absolute atomic E-state index is 13.4. The summed E-state index contributed by atoms with van der Waals surface area (Å²) in [6.45, 7) is 4.57. The topological polar surface area (TPSA) is 112 Å². The third-order valence-electron chi connectivity index (χ3n) is 7.39. The summed E-state index contributed by atoms with van der Waals surface area (Å²) in [6.07, 6.45) is 1.48. The van der Waals surface area contributed by atoms with E-state index in [2.05, 4.69) is 16.2 Å². The molecule has 0 saturated heterocycles. The maximum Gasteiger partial charge on any atom is 0.258 e. The molecule has 2 amide bonds. The highest BCUT2D eigenvalue weighted by molar-refractivity contribution is 6.17. The van der Waals surface area contributed by atoms with Crippen LogP contribution in [0.4, 0.5) is 5.69 Å². The molecule has 7 nitrogen and oxygen atoms in total. The number of nitrogens with zero attached hydrogens (tertiary/aromatic N) is 2. The maximum atomic E-state index is 13.4. The summed E-state index contributed by atoms with van der Waals surface area (Å²) in [5.74, 6) is -0.401. The molecule has 0 unspecified atom stereocenters. The highest BCUT2D eigenvalue weighted by Gasteiger charge is 2.30. The number of aromatic nitrogens is 1. The SMILES string of the molecule is Cc1ccc2c(c1)C(=O)N(c1cccc(-c3ccc(CC(N)=O)c4[nH]c5cc(/C=N/O)ccc5c34)c1C)C2. The van der Waals surface area contributed by atoms with Crippen LogP contribution in [-0.2, 0) is 17.8 Å². The van der Waals surface area contributed by atoms with Crippen molar-refractivity contribution in [1.82, 2.24) is 4.98 Å². The largest absolute Gasteiger partial charge is 0.411 e. The molecule has 0 fully saturated rings. The summed E-state index contributed by atoms with van der Waals surface area (Å²) < 4.78 is 0. The van der Waals surface area contributed by atoms with E-state index in [9.17, 15) is 9.59 Å². The van der Waals surface area contributed by atoms with Gasteiger partial charge < -0.3 is 20.8 Å². The van der Waals surface area contributed by atoms with Gasteiger partial charge in [-0.05, 0) is 65.4 Å². The second kappa shape index (κ2) is 8.88. The second-order valence-electron chi connectivity index (χ2n) is 9.84. The lowest BCUT2D eigenvalue weighted by molar-refractivity contribution is -0.117. The Hall–Kier alpha value is -4.91. The number of oxime groups is 1. The zero-order valence-electron chi connectivity index (χ0n) is 21.1. The van der Waals surface area contributed by atoms with E-state index in [0.717, 1.165) is 72.0 Å². The standard InChI is InChI=1S/C31H26N4O3/c1-17-6-8-21-16-35(31(37)25(21)12-17)27-5-3-4-22(18(27)2)23-11-9-20(14-28(32)36)30-29(23)24-10-7-19(15-33-38)13-26(24)34-30/h3-13,15,34,38H,14,16H2,1-2H3,(H2,32,36)/b33-15+. The highest BCUT2D eigenvalue weighted by Crippen LogP contribution is 2.41. The number of hydrogen-bond donors (Lipinski definition) is 3. The van der Waals surface area contributed by atoms with E-state index >= 15 is 0 Å². The first-order valence-corrected chi connectivity index (χ1v) is 12.4. The molecule has 0 radical (unpaired) electrons. The fourth-order valence-electron chi connectivity index (χ4n) is 5.61. The predicted molar refractivity (Wildman–Crippen MR) is 150 cm³/mol. The van der Waals surface area contributed by atoms with E-state index < -0.39 is 5.91 Å². The monoisotopic (exact) mass is 502 g/mol. The minimum Gasteiger partial charge on any atom is -0.411 e. The Labute approximate surface area is 219 Å². The quantitative estimate of drug-likeness (QED) is 0.165. The number of carbonyl (C=O) groups excluding carboxylic acids is 2. The van der Waals surface area contributed by atoms with Crippen molar-refractivity contribution in [3.63, 3.8) is 0 Å². The van der Waals surface area contributed by atoms with Crippen molar-refractivity contribution in [3.05, 3.63) is 100 Å². The number of nitrogens with two attached hydrogens (primary N) is 1.